The SMILES string of the molecule is CCCCCC/C=C\C/C=C\CCCCCCCCCC(=O)OC(COC(=O)CCCCCCC)COC(=O)CCCCCCCCCCCCCCCCCCCCCCCCCCCCCC. The molecule has 0 heterocycles. The lowest BCUT2D eigenvalue weighted by atomic mass is 10.0. The van der Waals surface area contributed by atoms with Crippen molar-refractivity contribution in [2.45, 2.75) is 348 Å². The van der Waals surface area contributed by atoms with Gasteiger partial charge in [0.25, 0.3) is 0 Å². The molecule has 0 aliphatic carbocycles. The topological polar surface area (TPSA) is 78.9 Å². The lowest BCUT2D eigenvalue weighted by molar-refractivity contribution is -0.167. The zero-order chi connectivity index (χ0) is 50.0. The summed E-state index contributed by atoms with van der Waals surface area (Å²) in [6.07, 6.45) is 69.5. The molecule has 0 spiro atoms. The molecule has 0 aromatic rings. The van der Waals surface area contributed by atoms with Gasteiger partial charge >= 0.3 is 17.9 Å². The van der Waals surface area contributed by atoms with Crippen LogP contribution in [0.15, 0.2) is 24.3 Å². The quantitative estimate of drug-likeness (QED) is 0.0261. The molecule has 1 unspecified atom stereocenters. The minimum absolute atomic E-state index is 0.0705. The van der Waals surface area contributed by atoms with E-state index in [2.05, 4.69) is 45.1 Å². The normalized spacial score (nSPS) is 12.1. The fourth-order valence-electron chi connectivity index (χ4n) is 9.30. The molecule has 0 aliphatic rings. The van der Waals surface area contributed by atoms with E-state index in [1.54, 1.807) is 0 Å². The third-order valence-electron chi connectivity index (χ3n) is 14.0. The van der Waals surface area contributed by atoms with Gasteiger partial charge in [-0.2, -0.15) is 0 Å². The van der Waals surface area contributed by atoms with Crippen LogP contribution in [0.3, 0.4) is 0 Å². The number of allylic oxidation sites excluding steroid dienone is 4. The average Bonchev–Trinajstić information content (AvgIpc) is 3.35. The van der Waals surface area contributed by atoms with Crippen LogP contribution in [0.4, 0.5) is 0 Å². The number of ether oxygens (including phenoxy) is 3. The lowest BCUT2D eigenvalue weighted by Gasteiger charge is -2.18. The smallest absolute Gasteiger partial charge is 0.306 e. The van der Waals surface area contributed by atoms with Crippen LogP contribution < -0.4 is 0 Å². The van der Waals surface area contributed by atoms with Crippen LogP contribution in [0, 0.1) is 0 Å². The summed E-state index contributed by atoms with van der Waals surface area (Å²) in [6.45, 7) is 6.59. The Balaban J connectivity index is 3.96. The van der Waals surface area contributed by atoms with Gasteiger partial charge in [-0.25, -0.2) is 0 Å². The molecule has 406 valence electrons. The van der Waals surface area contributed by atoms with Crippen LogP contribution in [-0.4, -0.2) is 37.2 Å². The monoisotopic (exact) mass is 971 g/mol. The van der Waals surface area contributed by atoms with Crippen LogP contribution in [0.1, 0.15) is 342 Å². The van der Waals surface area contributed by atoms with Crippen LogP contribution in [-0.2, 0) is 28.6 Å². The van der Waals surface area contributed by atoms with Crippen LogP contribution in [0.5, 0.6) is 0 Å². The van der Waals surface area contributed by atoms with E-state index >= 15 is 0 Å². The number of unbranched alkanes of at least 4 members (excludes halogenated alkanes) is 42. The highest BCUT2D eigenvalue weighted by atomic mass is 16.6. The predicted molar refractivity (Wildman–Crippen MR) is 298 cm³/mol. The highest BCUT2D eigenvalue weighted by molar-refractivity contribution is 5.71. The first kappa shape index (κ1) is 66.9. The van der Waals surface area contributed by atoms with Crippen molar-refractivity contribution in [2.24, 2.45) is 0 Å². The third-order valence-corrected chi connectivity index (χ3v) is 14.0. The van der Waals surface area contributed by atoms with E-state index in [1.807, 2.05) is 0 Å². The Morgan fingerprint density at radius 2 is 0.522 bits per heavy atom. The molecule has 0 N–H and O–H groups in total. The Hall–Kier alpha value is -2.11. The van der Waals surface area contributed by atoms with Crippen molar-refractivity contribution < 1.29 is 28.6 Å². The third kappa shape index (κ3) is 56.7. The van der Waals surface area contributed by atoms with Crippen molar-refractivity contribution in [1.29, 1.82) is 0 Å². The zero-order valence-electron chi connectivity index (χ0n) is 46.6. The summed E-state index contributed by atoms with van der Waals surface area (Å²) >= 11 is 0. The van der Waals surface area contributed by atoms with E-state index < -0.39 is 6.10 Å². The summed E-state index contributed by atoms with van der Waals surface area (Å²) in [5.74, 6) is -0.873. The first-order chi connectivity index (χ1) is 34.0. The van der Waals surface area contributed by atoms with Gasteiger partial charge in [0.1, 0.15) is 13.2 Å². The second kappa shape index (κ2) is 58.5. The lowest BCUT2D eigenvalue weighted by Crippen LogP contribution is -2.30. The van der Waals surface area contributed by atoms with Gasteiger partial charge < -0.3 is 14.2 Å². The van der Waals surface area contributed by atoms with E-state index in [9.17, 15) is 14.4 Å². The molecule has 0 saturated carbocycles. The zero-order valence-corrected chi connectivity index (χ0v) is 46.6. The van der Waals surface area contributed by atoms with Crippen LogP contribution in [0.2, 0.25) is 0 Å². The van der Waals surface area contributed by atoms with Gasteiger partial charge in [0.05, 0.1) is 0 Å². The summed E-state index contributed by atoms with van der Waals surface area (Å²) in [5, 5.41) is 0. The molecule has 6 heteroatoms. The molecule has 0 saturated heterocycles. The number of hydrogen-bond donors (Lipinski definition) is 0. The Morgan fingerprint density at radius 1 is 0.290 bits per heavy atom. The first-order valence-corrected chi connectivity index (χ1v) is 30.8. The van der Waals surface area contributed by atoms with Crippen molar-refractivity contribution in [1.82, 2.24) is 0 Å². The van der Waals surface area contributed by atoms with Gasteiger partial charge in [-0.1, -0.05) is 295 Å². The maximum Gasteiger partial charge on any atom is 0.306 e. The Kier molecular flexibility index (Phi) is 56.7. The maximum absolute atomic E-state index is 12.8. The molecule has 69 heavy (non-hydrogen) atoms. The highest BCUT2D eigenvalue weighted by Gasteiger charge is 2.19. The second-order valence-corrected chi connectivity index (χ2v) is 21.0. The minimum atomic E-state index is -0.769. The van der Waals surface area contributed by atoms with Crippen molar-refractivity contribution in [3.8, 4) is 0 Å². The molecule has 0 bridgehead atoms. The molecule has 0 amide bonds. The average molecular weight is 972 g/mol. The summed E-state index contributed by atoms with van der Waals surface area (Å²) in [6, 6.07) is 0. The van der Waals surface area contributed by atoms with Gasteiger partial charge in [-0.3, -0.25) is 14.4 Å². The Morgan fingerprint density at radius 3 is 0.812 bits per heavy atom. The molecule has 0 aromatic heterocycles. The number of carbonyl (C=O) groups is 3. The Bertz CT molecular complexity index is 1110. The molecule has 0 aliphatic heterocycles. The number of carbonyl (C=O) groups excluding carboxylic acids is 3. The molecular weight excluding hydrogens is 853 g/mol. The summed E-state index contributed by atoms with van der Waals surface area (Å²) < 4.78 is 16.7. The van der Waals surface area contributed by atoms with Crippen molar-refractivity contribution in [3.63, 3.8) is 0 Å². The number of esters is 3. The Labute approximate surface area is 430 Å². The summed E-state index contributed by atoms with van der Waals surface area (Å²) in [7, 11) is 0. The van der Waals surface area contributed by atoms with Gasteiger partial charge in [-0.05, 0) is 51.4 Å². The van der Waals surface area contributed by atoms with E-state index in [1.165, 1.54) is 225 Å². The van der Waals surface area contributed by atoms with Crippen LogP contribution >= 0.6 is 0 Å². The molecule has 0 radical (unpaired) electrons. The highest BCUT2D eigenvalue weighted by Crippen LogP contribution is 2.18. The van der Waals surface area contributed by atoms with Gasteiger partial charge in [0.2, 0.25) is 0 Å². The van der Waals surface area contributed by atoms with E-state index in [-0.39, 0.29) is 31.1 Å². The van der Waals surface area contributed by atoms with E-state index in [0.29, 0.717) is 19.3 Å². The summed E-state index contributed by atoms with van der Waals surface area (Å²) in [5.41, 5.74) is 0. The maximum atomic E-state index is 12.8. The van der Waals surface area contributed by atoms with Gasteiger partial charge in [0, 0.05) is 19.3 Å². The molecular formula is C63H118O6. The fourth-order valence-corrected chi connectivity index (χ4v) is 9.30. The van der Waals surface area contributed by atoms with Gasteiger partial charge in [0.15, 0.2) is 6.10 Å². The van der Waals surface area contributed by atoms with Crippen molar-refractivity contribution in [2.75, 3.05) is 13.2 Å². The van der Waals surface area contributed by atoms with Crippen molar-refractivity contribution >= 4 is 17.9 Å². The van der Waals surface area contributed by atoms with Crippen molar-refractivity contribution in [3.05, 3.63) is 24.3 Å². The molecule has 0 aromatic carbocycles. The number of hydrogen-bond acceptors (Lipinski definition) is 6. The largest absolute Gasteiger partial charge is 0.462 e. The number of rotatable bonds is 57. The molecule has 0 fully saturated rings. The minimum Gasteiger partial charge on any atom is -0.462 e. The fraction of sp³-hybridized carbons (Fsp3) is 0.889. The van der Waals surface area contributed by atoms with E-state index in [0.717, 1.165) is 77.0 Å². The van der Waals surface area contributed by atoms with Gasteiger partial charge in [-0.15, -0.1) is 0 Å². The first-order valence-electron chi connectivity index (χ1n) is 30.8. The molecule has 6 nitrogen and oxygen atoms in total. The standard InChI is InChI=1S/C63H118O6/c1-4-7-10-13-15-17-19-21-23-25-27-28-29-30-31-32-33-34-35-36-38-39-41-43-45-47-50-53-56-62(65)68-59-60(58-67-61(64)55-52-49-12-9-6-3)69-63(66)57-54-51-48-46-44-42-40-37-26-24-22-20-18-16-14-11-8-5-2/h18,20,24,26,60H,4-17,19,21-23,25,27-59H2,1-3H3/b20-18-,26-24-. The predicted octanol–water partition coefficient (Wildman–Crippen LogP) is 20.7. The van der Waals surface area contributed by atoms with Crippen LogP contribution in [0.25, 0.3) is 0 Å². The summed E-state index contributed by atoms with van der Waals surface area (Å²) in [4.78, 5) is 37.8. The molecule has 1 atom stereocenters. The molecule has 0 rings (SSSR count). The van der Waals surface area contributed by atoms with E-state index in [4.69, 9.17) is 14.2 Å². The second-order valence-electron chi connectivity index (χ2n) is 21.0.